The molecule has 2 nitrogen and oxygen atoms in total. The molecule has 2 unspecified atom stereocenters. The van der Waals surface area contributed by atoms with E-state index in [0.717, 1.165) is 19.7 Å². The lowest BCUT2D eigenvalue weighted by molar-refractivity contribution is -0.0279. The van der Waals surface area contributed by atoms with Gasteiger partial charge in [0.2, 0.25) is 0 Å². The lowest BCUT2D eigenvalue weighted by Gasteiger charge is -2.33. The molecule has 1 N–H and O–H groups in total. The summed E-state index contributed by atoms with van der Waals surface area (Å²) in [7, 11) is 0. The van der Waals surface area contributed by atoms with Crippen LogP contribution < -0.4 is 5.32 Å². The molecule has 1 fully saturated rings. The Kier molecular flexibility index (Phi) is 5.62. The highest BCUT2D eigenvalue weighted by molar-refractivity contribution is 5.30. The van der Waals surface area contributed by atoms with Gasteiger partial charge in [0.25, 0.3) is 0 Å². The third-order valence-corrected chi connectivity index (χ3v) is 3.98. The van der Waals surface area contributed by atoms with E-state index in [4.69, 9.17) is 4.74 Å². The number of rotatable bonds is 5. The Bertz CT molecular complexity index is 407. The molecule has 112 valence electrons. The largest absolute Gasteiger partial charge is 0.373 e. The number of hydrogen-bond donors (Lipinski definition) is 1. The minimum atomic E-state index is 0.266. The molecule has 1 heterocycles. The summed E-state index contributed by atoms with van der Waals surface area (Å²) in [4.78, 5) is 0. The first-order valence-corrected chi connectivity index (χ1v) is 7.96. The minimum Gasteiger partial charge on any atom is -0.373 e. The van der Waals surface area contributed by atoms with Crippen molar-refractivity contribution in [1.82, 2.24) is 5.32 Å². The normalized spacial score (nSPS) is 23.2. The summed E-state index contributed by atoms with van der Waals surface area (Å²) in [5, 5.41) is 3.60. The van der Waals surface area contributed by atoms with Crippen LogP contribution in [-0.4, -0.2) is 19.7 Å². The first-order chi connectivity index (χ1) is 9.56. The second-order valence-corrected chi connectivity index (χ2v) is 6.67. The van der Waals surface area contributed by atoms with Crippen LogP contribution in [0.3, 0.4) is 0 Å². The van der Waals surface area contributed by atoms with E-state index < -0.39 is 0 Å². The molecule has 2 rings (SSSR count). The number of benzene rings is 1. The first-order valence-electron chi connectivity index (χ1n) is 7.96. The minimum absolute atomic E-state index is 0.266. The van der Waals surface area contributed by atoms with E-state index in [0.29, 0.717) is 11.8 Å². The van der Waals surface area contributed by atoms with Crippen molar-refractivity contribution >= 4 is 0 Å². The fraction of sp³-hybridized carbons (Fsp3) is 0.667. The SMILES string of the molecule is Cc1cc(C)cc(C2OCCCC2CNCC(C)C)c1. The van der Waals surface area contributed by atoms with Crippen molar-refractivity contribution in [2.75, 3.05) is 19.7 Å². The summed E-state index contributed by atoms with van der Waals surface area (Å²) in [6.07, 6.45) is 2.72. The van der Waals surface area contributed by atoms with Gasteiger partial charge in [-0.1, -0.05) is 43.2 Å². The van der Waals surface area contributed by atoms with E-state index in [9.17, 15) is 0 Å². The van der Waals surface area contributed by atoms with Crippen LogP contribution in [0.15, 0.2) is 18.2 Å². The highest BCUT2D eigenvalue weighted by atomic mass is 16.5. The summed E-state index contributed by atoms with van der Waals surface area (Å²) in [6, 6.07) is 6.81. The van der Waals surface area contributed by atoms with E-state index in [1.54, 1.807) is 0 Å². The number of hydrogen-bond acceptors (Lipinski definition) is 2. The Labute approximate surface area is 123 Å². The smallest absolute Gasteiger partial charge is 0.0865 e. The van der Waals surface area contributed by atoms with Gasteiger partial charge in [0.1, 0.15) is 0 Å². The molecule has 2 heteroatoms. The molecule has 1 aliphatic heterocycles. The predicted octanol–water partition coefficient (Wildman–Crippen LogP) is 4.02. The molecule has 0 aromatic heterocycles. The van der Waals surface area contributed by atoms with Crippen LogP contribution in [0.5, 0.6) is 0 Å². The van der Waals surface area contributed by atoms with E-state index in [1.807, 2.05) is 0 Å². The van der Waals surface area contributed by atoms with Gasteiger partial charge in [-0.25, -0.2) is 0 Å². The third kappa shape index (κ3) is 4.32. The topological polar surface area (TPSA) is 21.3 Å². The lowest BCUT2D eigenvalue weighted by atomic mass is 9.88. The highest BCUT2D eigenvalue weighted by Gasteiger charge is 2.27. The van der Waals surface area contributed by atoms with Crippen molar-refractivity contribution in [2.45, 2.75) is 46.6 Å². The number of aryl methyl sites for hydroxylation is 2. The Morgan fingerprint density at radius 2 is 1.90 bits per heavy atom. The average Bonchev–Trinajstić information content (AvgIpc) is 2.37. The standard InChI is InChI=1S/C18H29NO/c1-13(2)11-19-12-16-6-5-7-20-18(16)17-9-14(3)8-15(4)10-17/h8-10,13,16,18-19H,5-7,11-12H2,1-4H3. The Morgan fingerprint density at radius 3 is 2.55 bits per heavy atom. The predicted molar refractivity (Wildman–Crippen MR) is 85.0 cm³/mol. The molecule has 1 aliphatic rings. The van der Waals surface area contributed by atoms with Crippen LogP contribution in [0.25, 0.3) is 0 Å². The van der Waals surface area contributed by atoms with Gasteiger partial charge < -0.3 is 10.1 Å². The van der Waals surface area contributed by atoms with E-state index in [1.165, 1.54) is 29.5 Å². The molecule has 0 aliphatic carbocycles. The van der Waals surface area contributed by atoms with E-state index in [-0.39, 0.29) is 6.10 Å². The molecule has 1 aromatic rings. The van der Waals surface area contributed by atoms with Gasteiger partial charge in [-0.05, 0) is 44.7 Å². The van der Waals surface area contributed by atoms with E-state index >= 15 is 0 Å². The molecule has 1 saturated heterocycles. The Morgan fingerprint density at radius 1 is 1.20 bits per heavy atom. The van der Waals surface area contributed by atoms with Crippen molar-refractivity contribution in [2.24, 2.45) is 11.8 Å². The van der Waals surface area contributed by atoms with Crippen LogP contribution in [0.1, 0.15) is 49.5 Å². The summed E-state index contributed by atoms with van der Waals surface area (Å²) >= 11 is 0. The molecule has 0 spiro atoms. The monoisotopic (exact) mass is 275 g/mol. The van der Waals surface area contributed by atoms with Crippen LogP contribution in [0.4, 0.5) is 0 Å². The molecule has 0 saturated carbocycles. The van der Waals surface area contributed by atoms with Gasteiger partial charge in [-0.2, -0.15) is 0 Å². The van der Waals surface area contributed by atoms with Gasteiger partial charge in [-0.3, -0.25) is 0 Å². The quantitative estimate of drug-likeness (QED) is 0.876. The Hall–Kier alpha value is -0.860. The molecular formula is C18H29NO. The Balaban J connectivity index is 2.05. The van der Waals surface area contributed by atoms with Gasteiger partial charge in [0.15, 0.2) is 0 Å². The molecular weight excluding hydrogens is 246 g/mol. The summed E-state index contributed by atoms with van der Waals surface area (Å²) in [5.41, 5.74) is 4.03. The van der Waals surface area contributed by atoms with E-state index in [2.05, 4.69) is 51.2 Å². The zero-order valence-electron chi connectivity index (χ0n) is 13.4. The molecule has 0 amide bonds. The van der Waals surface area contributed by atoms with Crippen molar-refractivity contribution in [3.05, 3.63) is 34.9 Å². The van der Waals surface area contributed by atoms with Crippen LogP contribution >= 0.6 is 0 Å². The first kappa shape index (κ1) is 15.5. The second kappa shape index (κ2) is 7.24. The summed E-state index contributed by atoms with van der Waals surface area (Å²) in [6.45, 7) is 11.9. The molecule has 20 heavy (non-hydrogen) atoms. The summed E-state index contributed by atoms with van der Waals surface area (Å²) < 4.78 is 6.10. The lowest BCUT2D eigenvalue weighted by Crippen LogP contribution is -2.33. The maximum Gasteiger partial charge on any atom is 0.0865 e. The number of ether oxygens (including phenoxy) is 1. The van der Waals surface area contributed by atoms with Gasteiger partial charge in [0.05, 0.1) is 6.10 Å². The third-order valence-electron chi connectivity index (χ3n) is 3.98. The maximum atomic E-state index is 6.10. The van der Waals surface area contributed by atoms with Crippen molar-refractivity contribution < 1.29 is 4.74 Å². The van der Waals surface area contributed by atoms with Crippen molar-refractivity contribution in [3.63, 3.8) is 0 Å². The van der Waals surface area contributed by atoms with Crippen LogP contribution in [0, 0.1) is 25.7 Å². The zero-order chi connectivity index (χ0) is 14.5. The fourth-order valence-electron chi connectivity index (χ4n) is 3.15. The zero-order valence-corrected chi connectivity index (χ0v) is 13.4. The van der Waals surface area contributed by atoms with Gasteiger partial charge >= 0.3 is 0 Å². The van der Waals surface area contributed by atoms with Gasteiger partial charge in [-0.15, -0.1) is 0 Å². The highest BCUT2D eigenvalue weighted by Crippen LogP contribution is 2.34. The van der Waals surface area contributed by atoms with Crippen LogP contribution in [-0.2, 0) is 4.74 Å². The average molecular weight is 275 g/mol. The second-order valence-electron chi connectivity index (χ2n) is 6.67. The van der Waals surface area contributed by atoms with Crippen molar-refractivity contribution in [3.8, 4) is 0 Å². The fourth-order valence-corrected chi connectivity index (χ4v) is 3.15. The molecule has 0 radical (unpaired) electrons. The summed E-state index contributed by atoms with van der Waals surface area (Å²) in [5.74, 6) is 1.31. The van der Waals surface area contributed by atoms with Crippen molar-refractivity contribution in [1.29, 1.82) is 0 Å². The van der Waals surface area contributed by atoms with Gasteiger partial charge in [0, 0.05) is 19.1 Å². The molecule has 1 aromatic carbocycles. The van der Waals surface area contributed by atoms with Crippen LogP contribution in [0.2, 0.25) is 0 Å². The number of nitrogens with one attached hydrogen (secondary N) is 1. The molecule has 0 bridgehead atoms. The maximum absolute atomic E-state index is 6.10. The molecule has 2 atom stereocenters.